The lowest BCUT2D eigenvalue weighted by atomic mass is 10.0. The summed E-state index contributed by atoms with van der Waals surface area (Å²) in [7, 11) is 8.18. The highest BCUT2D eigenvalue weighted by molar-refractivity contribution is 6.36. The third kappa shape index (κ3) is 4.84. The molecule has 2 heterocycles. The molecule has 0 spiro atoms. The number of nitrogens with one attached hydrogen (secondary N) is 1. The van der Waals surface area contributed by atoms with E-state index in [9.17, 15) is 0 Å². The third-order valence-corrected chi connectivity index (χ3v) is 5.50. The molecule has 4 aromatic rings. The lowest BCUT2D eigenvalue weighted by Crippen LogP contribution is -2.22. The second-order valence-corrected chi connectivity index (χ2v) is 7.97. The van der Waals surface area contributed by atoms with Gasteiger partial charge in [0, 0.05) is 41.6 Å². The number of benzene rings is 2. The first-order chi connectivity index (χ1) is 15.0. The first-order valence-corrected chi connectivity index (χ1v) is 10.6. The average molecular weight is 431 g/mol. The molecule has 2 radical (unpaired) electrons. The van der Waals surface area contributed by atoms with E-state index >= 15 is 0 Å². The Balaban J connectivity index is 1.45. The van der Waals surface area contributed by atoms with Crippen LogP contribution in [0.3, 0.4) is 0 Å². The molecule has 2 aromatic carbocycles. The number of hydrogen-bond acceptors (Lipinski definition) is 5. The van der Waals surface area contributed by atoms with Crippen molar-refractivity contribution in [3.63, 3.8) is 0 Å². The fourth-order valence-electron chi connectivity index (χ4n) is 3.53. The summed E-state index contributed by atoms with van der Waals surface area (Å²) in [5.41, 5.74) is 10.8. The molecule has 0 atom stereocenters. The van der Waals surface area contributed by atoms with E-state index in [0.717, 1.165) is 54.4 Å². The molecule has 4 rings (SSSR count). The second kappa shape index (κ2) is 9.41. The number of para-hydroxylation sites is 1. The summed E-state index contributed by atoms with van der Waals surface area (Å²) in [6.07, 6.45) is 2.56. The first kappa shape index (κ1) is 21.2. The van der Waals surface area contributed by atoms with E-state index in [0.29, 0.717) is 16.1 Å². The number of halogens is 1. The van der Waals surface area contributed by atoms with Gasteiger partial charge in [-0.3, -0.25) is 0 Å². The zero-order valence-electron chi connectivity index (χ0n) is 17.4. The van der Waals surface area contributed by atoms with Crippen LogP contribution in [0.25, 0.3) is 16.9 Å². The molecule has 0 unspecified atom stereocenters. The van der Waals surface area contributed by atoms with E-state index in [1.807, 2.05) is 48.5 Å². The summed E-state index contributed by atoms with van der Waals surface area (Å²) in [5.74, 6) is 0.826. The van der Waals surface area contributed by atoms with E-state index in [1.165, 1.54) is 0 Å². The van der Waals surface area contributed by atoms with Gasteiger partial charge in [0.1, 0.15) is 13.7 Å². The van der Waals surface area contributed by atoms with E-state index < -0.39 is 0 Å². The minimum atomic E-state index is 0.525. The number of nitrogens with zero attached hydrogens (tertiary/aromatic N) is 4. The molecule has 0 saturated heterocycles. The summed E-state index contributed by atoms with van der Waals surface area (Å²) in [6, 6.07) is 17.6. The number of rotatable bonds is 8. The van der Waals surface area contributed by atoms with Crippen LogP contribution >= 0.6 is 11.6 Å². The predicted molar refractivity (Wildman–Crippen MR) is 129 cm³/mol. The van der Waals surface area contributed by atoms with E-state index in [2.05, 4.69) is 33.4 Å². The van der Waals surface area contributed by atoms with Crippen molar-refractivity contribution in [2.24, 2.45) is 0 Å². The molecule has 0 fully saturated rings. The molecule has 0 aliphatic heterocycles. The lowest BCUT2D eigenvalue weighted by molar-refractivity contribution is 0.326. The Bertz CT molecular complexity index is 1190. The summed E-state index contributed by atoms with van der Waals surface area (Å²) >= 11 is 6.39. The fraction of sp³-hybridized carbons (Fsp3) is 0.217. The molecule has 0 bridgehead atoms. The maximum atomic E-state index is 6.39. The van der Waals surface area contributed by atoms with Crippen LogP contribution in [-0.4, -0.2) is 47.5 Å². The third-order valence-electron chi connectivity index (χ3n) is 5.17. The SMILES string of the molecule is [B]c1cnn2c(NCCCN(C)Cc3ccccc3N)cc(-c3ccccc3Cl)nc12. The van der Waals surface area contributed by atoms with Crippen molar-refractivity contribution >= 4 is 42.1 Å². The van der Waals surface area contributed by atoms with Crippen LogP contribution < -0.4 is 16.5 Å². The first-order valence-electron chi connectivity index (χ1n) is 10.2. The predicted octanol–water partition coefficient (Wildman–Crippen LogP) is 3.36. The van der Waals surface area contributed by atoms with Crippen molar-refractivity contribution in [2.75, 3.05) is 31.2 Å². The molecular weight excluding hydrogens is 407 g/mol. The average Bonchev–Trinajstić information content (AvgIpc) is 3.14. The highest BCUT2D eigenvalue weighted by Crippen LogP contribution is 2.28. The number of anilines is 2. The van der Waals surface area contributed by atoms with Crippen LogP contribution in [0.5, 0.6) is 0 Å². The van der Waals surface area contributed by atoms with Gasteiger partial charge in [-0.2, -0.15) is 9.61 Å². The monoisotopic (exact) mass is 430 g/mol. The van der Waals surface area contributed by atoms with Gasteiger partial charge in [-0.05, 0) is 43.2 Å². The Kier molecular flexibility index (Phi) is 6.44. The van der Waals surface area contributed by atoms with Crippen LogP contribution in [0.1, 0.15) is 12.0 Å². The van der Waals surface area contributed by atoms with Crippen molar-refractivity contribution in [1.82, 2.24) is 19.5 Å². The molecule has 0 aliphatic rings. The van der Waals surface area contributed by atoms with Gasteiger partial charge in [0.05, 0.1) is 5.69 Å². The fourth-order valence-corrected chi connectivity index (χ4v) is 3.76. The van der Waals surface area contributed by atoms with E-state index in [-0.39, 0.29) is 0 Å². The number of hydrogen-bond donors (Lipinski definition) is 2. The smallest absolute Gasteiger partial charge is 0.150 e. The zero-order valence-corrected chi connectivity index (χ0v) is 18.2. The number of aromatic nitrogens is 3. The van der Waals surface area contributed by atoms with E-state index in [4.69, 9.17) is 25.2 Å². The Morgan fingerprint density at radius 3 is 2.74 bits per heavy atom. The minimum Gasteiger partial charge on any atom is -0.398 e. The molecule has 0 saturated carbocycles. The molecule has 2 aromatic heterocycles. The summed E-state index contributed by atoms with van der Waals surface area (Å²) in [6.45, 7) is 2.52. The molecule has 0 amide bonds. The topological polar surface area (TPSA) is 71.5 Å². The van der Waals surface area contributed by atoms with Gasteiger partial charge < -0.3 is 16.0 Å². The Morgan fingerprint density at radius 1 is 1.16 bits per heavy atom. The normalized spacial score (nSPS) is 11.3. The van der Waals surface area contributed by atoms with Gasteiger partial charge in [0.2, 0.25) is 0 Å². The molecule has 0 aliphatic carbocycles. The van der Waals surface area contributed by atoms with Crippen LogP contribution in [0, 0.1) is 0 Å². The van der Waals surface area contributed by atoms with Gasteiger partial charge in [-0.25, -0.2) is 4.98 Å². The highest BCUT2D eigenvalue weighted by Gasteiger charge is 2.12. The summed E-state index contributed by atoms with van der Waals surface area (Å²) in [5, 5.41) is 8.48. The van der Waals surface area contributed by atoms with Crippen molar-refractivity contribution < 1.29 is 0 Å². The van der Waals surface area contributed by atoms with Gasteiger partial charge >= 0.3 is 0 Å². The van der Waals surface area contributed by atoms with Gasteiger partial charge in [0.25, 0.3) is 0 Å². The largest absolute Gasteiger partial charge is 0.398 e. The summed E-state index contributed by atoms with van der Waals surface area (Å²) in [4.78, 5) is 6.93. The summed E-state index contributed by atoms with van der Waals surface area (Å²) < 4.78 is 1.73. The molecule has 31 heavy (non-hydrogen) atoms. The number of nitrogens with two attached hydrogens (primary N) is 1. The van der Waals surface area contributed by atoms with Crippen LogP contribution in [0.2, 0.25) is 5.02 Å². The molecular formula is C23H24BClN6. The molecule has 3 N–H and O–H groups in total. The van der Waals surface area contributed by atoms with Crippen LogP contribution in [0.15, 0.2) is 60.8 Å². The Morgan fingerprint density at radius 2 is 1.94 bits per heavy atom. The lowest BCUT2D eigenvalue weighted by Gasteiger charge is -2.18. The molecule has 156 valence electrons. The highest BCUT2D eigenvalue weighted by atomic mass is 35.5. The van der Waals surface area contributed by atoms with E-state index in [1.54, 1.807) is 10.7 Å². The van der Waals surface area contributed by atoms with Crippen molar-refractivity contribution in [3.8, 4) is 11.3 Å². The van der Waals surface area contributed by atoms with Crippen molar-refractivity contribution in [2.45, 2.75) is 13.0 Å². The maximum Gasteiger partial charge on any atom is 0.150 e. The molecule has 6 nitrogen and oxygen atoms in total. The number of fused-ring (bicyclic) bond motifs is 1. The van der Waals surface area contributed by atoms with Gasteiger partial charge in [-0.1, -0.05) is 48.0 Å². The van der Waals surface area contributed by atoms with Crippen LogP contribution in [-0.2, 0) is 6.54 Å². The second-order valence-electron chi connectivity index (χ2n) is 7.56. The molecule has 8 heteroatoms. The van der Waals surface area contributed by atoms with Crippen LogP contribution in [0.4, 0.5) is 11.5 Å². The Hall–Kier alpha value is -3.03. The zero-order chi connectivity index (χ0) is 21.8. The van der Waals surface area contributed by atoms with Crippen molar-refractivity contribution in [1.29, 1.82) is 0 Å². The van der Waals surface area contributed by atoms with Gasteiger partial charge in [0.15, 0.2) is 5.65 Å². The Labute approximate surface area is 188 Å². The van der Waals surface area contributed by atoms with Crippen molar-refractivity contribution in [3.05, 3.63) is 71.4 Å². The van der Waals surface area contributed by atoms with Gasteiger partial charge in [-0.15, -0.1) is 0 Å². The number of nitrogen functional groups attached to an aromatic ring is 1. The quantitative estimate of drug-likeness (QED) is 0.255. The minimum absolute atomic E-state index is 0.525. The maximum absolute atomic E-state index is 6.39. The standard InChI is InChI=1S/C23H24BClN6/c1-30(15-16-7-2-5-10-20(16)26)12-6-11-27-22-13-21(17-8-3-4-9-19(17)25)29-23-18(24)14-28-31(22)23/h2-5,7-10,13-14,27H,6,11-12,15,26H2,1H3.